The summed E-state index contributed by atoms with van der Waals surface area (Å²) in [6, 6.07) is 1.74. The van der Waals surface area contributed by atoms with Gasteiger partial charge in [-0.05, 0) is 44.2 Å². The molecule has 45 heavy (non-hydrogen) atoms. The molecular weight excluding hydrogens is 584 g/mol. The second-order valence-corrected chi connectivity index (χ2v) is 14.3. The van der Waals surface area contributed by atoms with Crippen LogP contribution < -0.4 is 0 Å². The highest BCUT2D eigenvalue weighted by Gasteiger charge is 2.90. The Morgan fingerprint density at radius 3 is 2.42 bits per heavy atom. The molecule has 6 rings (SSSR count). The molecule has 5 aliphatic rings. The van der Waals surface area contributed by atoms with Crippen LogP contribution in [0, 0.1) is 34.0 Å². The Labute approximate surface area is 262 Å². The molecule has 2 bridgehead atoms. The van der Waals surface area contributed by atoms with Gasteiger partial charge in [-0.1, -0.05) is 33.8 Å². The number of allylic oxidation sites excluding steroid dienone is 1. The summed E-state index contributed by atoms with van der Waals surface area (Å²) in [6.45, 7) is 12.3. The number of esters is 4. The van der Waals surface area contributed by atoms with Crippen LogP contribution in [0.4, 0.5) is 0 Å². The Morgan fingerprint density at radius 1 is 1.11 bits per heavy atom. The van der Waals surface area contributed by atoms with E-state index < -0.39 is 87.6 Å². The van der Waals surface area contributed by atoms with Crippen molar-refractivity contribution in [2.24, 2.45) is 34.0 Å². The quantitative estimate of drug-likeness (QED) is 0.273. The van der Waals surface area contributed by atoms with Gasteiger partial charge in [0.25, 0.3) is 0 Å². The maximum Gasteiger partial charge on any atom is 0.333 e. The van der Waals surface area contributed by atoms with Gasteiger partial charge < -0.3 is 33.2 Å². The number of carbonyl (C=O) groups excluding carboxylic acids is 4. The average molecular weight is 627 g/mol. The van der Waals surface area contributed by atoms with E-state index in [0.717, 1.165) is 0 Å². The third-order valence-electron chi connectivity index (χ3n) is 12.0. The van der Waals surface area contributed by atoms with E-state index in [1.165, 1.54) is 32.6 Å². The van der Waals surface area contributed by atoms with Crippen molar-refractivity contribution >= 4 is 23.9 Å². The van der Waals surface area contributed by atoms with Gasteiger partial charge in [-0.3, -0.25) is 9.59 Å². The van der Waals surface area contributed by atoms with Crippen molar-refractivity contribution in [1.29, 1.82) is 0 Å². The summed E-state index contributed by atoms with van der Waals surface area (Å²) in [5.41, 5.74) is -2.85. The van der Waals surface area contributed by atoms with Gasteiger partial charge in [0.05, 0.1) is 25.6 Å². The van der Waals surface area contributed by atoms with E-state index in [4.69, 9.17) is 28.1 Å². The summed E-state index contributed by atoms with van der Waals surface area (Å²) in [5, 5.41) is 13.0. The molecule has 10 atom stereocenters. The van der Waals surface area contributed by atoms with Crippen molar-refractivity contribution in [2.75, 3.05) is 7.11 Å². The summed E-state index contributed by atoms with van der Waals surface area (Å²) in [6.07, 6.45) is 4.06. The number of fused-ring (bicyclic) bond motifs is 2. The van der Waals surface area contributed by atoms with Crippen LogP contribution in [0.5, 0.6) is 0 Å². The van der Waals surface area contributed by atoms with E-state index in [-0.39, 0.29) is 6.42 Å². The van der Waals surface area contributed by atoms with Gasteiger partial charge in [-0.2, -0.15) is 0 Å². The molecule has 11 nitrogen and oxygen atoms in total. The van der Waals surface area contributed by atoms with Gasteiger partial charge in [0.2, 0.25) is 0 Å². The third kappa shape index (κ3) is 3.89. The molecule has 1 spiro atoms. The first-order chi connectivity index (χ1) is 21.0. The second-order valence-electron chi connectivity index (χ2n) is 14.3. The Morgan fingerprint density at radius 2 is 1.82 bits per heavy atom. The standard InChI is InChI=1S/C34H42O11/c1-9-17(2)29(38)44-27-25-28(42-18(3)35)33-20(32(7,34(25,39)45-33)21(30(27,4)5)14-23(36)40-8)10-12-31(6)22(33)15-24(37)43-26(31)19-11-13-41-16-19/h9,11,13,15-16,20-21,25-28,39H,10,12,14H2,1-8H3/b17-9+/t20-,21+,25+,26+,27-,28-,31-,32-,33-,34?/m1/s1. The lowest BCUT2D eigenvalue weighted by Crippen LogP contribution is -2.76. The van der Waals surface area contributed by atoms with Crippen LogP contribution in [0.25, 0.3) is 0 Å². The second kappa shape index (κ2) is 10.0. The topological polar surface area (TPSA) is 148 Å². The zero-order valence-electron chi connectivity index (χ0n) is 27.0. The smallest absolute Gasteiger partial charge is 0.333 e. The first kappa shape index (κ1) is 31.5. The largest absolute Gasteiger partial charge is 0.472 e. The lowest BCUT2D eigenvalue weighted by Gasteiger charge is -2.66. The number of carbonyl (C=O) groups is 4. The summed E-state index contributed by atoms with van der Waals surface area (Å²) in [4.78, 5) is 52.6. The van der Waals surface area contributed by atoms with Crippen LogP contribution in [0.3, 0.4) is 0 Å². The molecular formula is C34H42O11. The van der Waals surface area contributed by atoms with Gasteiger partial charge in [0, 0.05) is 52.7 Å². The molecule has 4 heterocycles. The number of hydrogen-bond acceptors (Lipinski definition) is 11. The fourth-order valence-electron chi connectivity index (χ4n) is 9.94. The van der Waals surface area contributed by atoms with Crippen LogP contribution in [0.2, 0.25) is 0 Å². The zero-order valence-corrected chi connectivity index (χ0v) is 27.0. The molecule has 4 fully saturated rings. The molecule has 2 saturated heterocycles. The first-order valence-corrected chi connectivity index (χ1v) is 15.5. The fourth-order valence-corrected chi connectivity index (χ4v) is 9.94. The Kier molecular flexibility index (Phi) is 7.03. The van der Waals surface area contributed by atoms with Crippen LogP contribution in [0.15, 0.2) is 46.3 Å². The molecule has 3 aliphatic heterocycles. The number of rotatable bonds is 6. The van der Waals surface area contributed by atoms with Crippen molar-refractivity contribution in [1.82, 2.24) is 0 Å². The van der Waals surface area contributed by atoms with Crippen molar-refractivity contribution in [3.05, 3.63) is 47.5 Å². The molecule has 0 aromatic carbocycles. The number of methoxy groups -OCH3 is 1. The highest BCUT2D eigenvalue weighted by Crippen LogP contribution is 2.81. The summed E-state index contributed by atoms with van der Waals surface area (Å²) in [7, 11) is 1.31. The van der Waals surface area contributed by atoms with E-state index in [0.29, 0.717) is 29.6 Å². The van der Waals surface area contributed by atoms with Gasteiger partial charge in [0.15, 0.2) is 5.79 Å². The highest BCUT2D eigenvalue weighted by molar-refractivity contribution is 5.88. The maximum absolute atomic E-state index is 13.4. The van der Waals surface area contributed by atoms with E-state index >= 15 is 0 Å². The van der Waals surface area contributed by atoms with E-state index in [2.05, 4.69) is 0 Å². The molecule has 2 saturated carbocycles. The first-order valence-electron chi connectivity index (χ1n) is 15.5. The fraction of sp³-hybridized carbons (Fsp3) is 0.647. The van der Waals surface area contributed by atoms with Gasteiger partial charge in [0.1, 0.15) is 23.9 Å². The van der Waals surface area contributed by atoms with Crippen molar-refractivity contribution in [3.63, 3.8) is 0 Å². The molecule has 0 radical (unpaired) electrons. The minimum atomic E-state index is -2.03. The SMILES string of the molecule is C/C=C(\C)C(=O)O[C@@H]1[C@H]2[C@@H](OC(C)=O)[C@@]34OC2(O)[C@@](C)([C@@H](CC(=O)OC)C1(C)C)[C@H]3CC[C@]1(C)C4=CC(=O)O[C@H]1c1ccoc1. The van der Waals surface area contributed by atoms with Gasteiger partial charge in [-0.15, -0.1) is 0 Å². The molecule has 1 aromatic rings. The van der Waals surface area contributed by atoms with E-state index in [1.807, 2.05) is 27.7 Å². The van der Waals surface area contributed by atoms with E-state index in [1.54, 1.807) is 26.0 Å². The third-order valence-corrected chi connectivity index (χ3v) is 12.0. The van der Waals surface area contributed by atoms with Gasteiger partial charge in [-0.25, -0.2) is 9.59 Å². The number of aliphatic hydroxyl groups is 1. The van der Waals surface area contributed by atoms with Crippen LogP contribution in [-0.2, 0) is 42.9 Å². The Hall–Kier alpha value is -3.44. The number of ether oxygens (including phenoxy) is 5. The molecule has 244 valence electrons. The molecule has 1 unspecified atom stereocenters. The van der Waals surface area contributed by atoms with Crippen LogP contribution in [0.1, 0.15) is 79.4 Å². The number of furan rings is 1. The number of cyclic esters (lactones) is 1. The highest BCUT2D eigenvalue weighted by atomic mass is 16.7. The summed E-state index contributed by atoms with van der Waals surface area (Å²) >= 11 is 0. The van der Waals surface area contributed by atoms with Crippen LogP contribution in [-0.4, -0.2) is 59.7 Å². The van der Waals surface area contributed by atoms with Crippen molar-refractivity contribution < 1.29 is 52.4 Å². The Bertz CT molecular complexity index is 1510. The van der Waals surface area contributed by atoms with Crippen molar-refractivity contribution in [2.45, 2.75) is 97.4 Å². The average Bonchev–Trinajstić information content (AvgIpc) is 3.64. The normalized spacial score (nSPS) is 42.6. The van der Waals surface area contributed by atoms with Crippen molar-refractivity contribution in [3.8, 4) is 0 Å². The van der Waals surface area contributed by atoms with Gasteiger partial charge >= 0.3 is 23.9 Å². The minimum absolute atomic E-state index is 0.0874. The molecule has 1 N–H and O–H groups in total. The van der Waals surface area contributed by atoms with Crippen LogP contribution >= 0.6 is 0 Å². The zero-order chi connectivity index (χ0) is 32.9. The number of hydrogen-bond donors (Lipinski definition) is 1. The summed E-state index contributed by atoms with van der Waals surface area (Å²) < 4.78 is 35.7. The lowest BCUT2D eigenvalue weighted by molar-refractivity contribution is -0.325. The summed E-state index contributed by atoms with van der Waals surface area (Å²) in [5.74, 6) is -6.52. The maximum atomic E-state index is 13.4. The minimum Gasteiger partial charge on any atom is -0.472 e. The predicted molar refractivity (Wildman–Crippen MR) is 156 cm³/mol. The molecule has 1 aromatic heterocycles. The monoisotopic (exact) mass is 626 g/mol. The van der Waals surface area contributed by atoms with E-state index in [9.17, 15) is 24.3 Å². The molecule has 2 aliphatic carbocycles. The Balaban J connectivity index is 1.62. The lowest BCUT2D eigenvalue weighted by atomic mass is 9.37. The molecule has 11 heteroatoms. The molecule has 0 amide bonds. The predicted octanol–water partition coefficient (Wildman–Crippen LogP) is 4.34.